The van der Waals surface area contributed by atoms with Gasteiger partial charge in [-0.3, -0.25) is 4.57 Å². The average Bonchev–Trinajstić information content (AvgIpc) is 2.67. The zero-order chi connectivity index (χ0) is 24.3. The van der Waals surface area contributed by atoms with E-state index >= 15 is 0 Å². The molecule has 0 aromatic rings. The highest BCUT2D eigenvalue weighted by molar-refractivity contribution is 7.53. The van der Waals surface area contributed by atoms with Crippen molar-refractivity contribution in [3.63, 3.8) is 0 Å². The lowest BCUT2D eigenvalue weighted by Gasteiger charge is -2.35. The van der Waals surface area contributed by atoms with E-state index in [4.69, 9.17) is 0 Å². The molecule has 0 fully saturated rings. The summed E-state index contributed by atoms with van der Waals surface area (Å²) in [5, 5.41) is 8.61. The summed E-state index contributed by atoms with van der Waals surface area (Å²) < 4.78 is 12.1. The Labute approximate surface area is 198 Å². The van der Waals surface area contributed by atoms with Gasteiger partial charge in [-0.25, -0.2) is 0 Å². The second kappa shape index (κ2) is 18.0. The van der Waals surface area contributed by atoms with Gasteiger partial charge in [-0.15, -0.1) is 0 Å². The van der Waals surface area contributed by atoms with Crippen LogP contribution < -0.4 is 0 Å². The molecule has 1 atom stereocenters. The maximum atomic E-state index is 11.8. The quantitative estimate of drug-likeness (QED) is 0.0729. The van der Waals surface area contributed by atoms with Gasteiger partial charge in [-0.1, -0.05) is 69.8 Å². The van der Waals surface area contributed by atoms with Gasteiger partial charge in [0.15, 0.2) is 0 Å². The maximum Gasteiger partial charge on any atom is 0.362 e. The van der Waals surface area contributed by atoms with Crippen LogP contribution in [0.4, 0.5) is 0 Å². The summed E-state index contributed by atoms with van der Waals surface area (Å²) >= 11 is 0. The van der Waals surface area contributed by atoms with Crippen LogP contribution in [0, 0.1) is 0 Å². The second-order valence-electron chi connectivity index (χ2n) is 10.4. The maximum absolute atomic E-state index is 11.8. The van der Waals surface area contributed by atoms with E-state index in [9.17, 15) is 19.5 Å². The van der Waals surface area contributed by atoms with Crippen molar-refractivity contribution in [1.29, 1.82) is 0 Å². The molecule has 6 heteroatoms. The van der Waals surface area contributed by atoms with E-state index in [0.29, 0.717) is 10.9 Å². The van der Waals surface area contributed by atoms with E-state index in [-0.39, 0.29) is 13.0 Å². The van der Waals surface area contributed by atoms with Crippen molar-refractivity contribution >= 4 is 7.60 Å². The molecule has 0 heterocycles. The van der Waals surface area contributed by atoms with E-state index in [1.54, 1.807) is 0 Å². The van der Waals surface area contributed by atoms with Crippen LogP contribution >= 0.6 is 7.60 Å². The highest BCUT2D eigenvalue weighted by atomic mass is 31.2. The first kappa shape index (κ1) is 31.6. The van der Waals surface area contributed by atoms with Crippen LogP contribution in [0.15, 0.2) is 24.3 Å². The Morgan fingerprint density at radius 2 is 1.06 bits per heavy atom. The monoisotopic (exact) mass is 474 g/mol. The molecule has 0 amide bonds. The number of nitrogens with zero attached hydrogens (tertiary/aromatic N) is 1. The first-order valence-corrected chi connectivity index (χ1v) is 14.5. The van der Waals surface area contributed by atoms with Crippen LogP contribution in [0.3, 0.4) is 0 Å². The van der Waals surface area contributed by atoms with Crippen LogP contribution in [0.1, 0.15) is 110 Å². The fourth-order valence-electron chi connectivity index (χ4n) is 3.96. The molecular weight excluding hydrogens is 421 g/mol. The van der Waals surface area contributed by atoms with Crippen LogP contribution in [0.2, 0.25) is 0 Å². The molecular formula is C26H53NO4P+. The molecule has 0 spiro atoms. The topological polar surface area (TPSA) is 77.8 Å². The minimum Gasteiger partial charge on any atom is -0.373 e. The van der Waals surface area contributed by atoms with Gasteiger partial charge in [0.2, 0.25) is 5.34 Å². The number of hydrogen-bond acceptors (Lipinski definition) is 2. The molecule has 0 saturated carbocycles. The Morgan fingerprint density at radius 3 is 1.41 bits per heavy atom. The molecule has 190 valence electrons. The normalized spacial score (nSPS) is 15.1. The van der Waals surface area contributed by atoms with Crippen LogP contribution in [0.25, 0.3) is 0 Å². The van der Waals surface area contributed by atoms with E-state index in [2.05, 4.69) is 31.2 Å². The summed E-state index contributed by atoms with van der Waals surface area (Å²) in [5.41, 5.74) is 0. The number of likely N-dealkylation sites (N-methyl/N-ethyl adjacent to an activating group) is 1. The Bertz CT molecular complexity index is 551. The van der Waals surface area contributed by atoms with Crippen LogP contribution in [-0.2, 0) is 4.57 Å². The Hall–Kier alpha value is -0.450. The van der Waals surface area contributed by atoms with Gasteiger partial charge < -0.3 is 19.4 Å². The molecule has 0 rings (SSSR count). The molecule has 1 unspecified atom stereocenters. The first-order valence-electron chi connectivity index (χ1n) is 12.9. The lowest BCUT2D eigenvalue weighted by Crippen LogP contribution is -2.49. The lowest BCUT2D eigenvalue weighted by molar-refractivity contribution is -0.875. The molecule has 0 radical (unpaired) electrons. The second-order valence-corrected chi connectivity index (χ2v) is 12.3. The summed E-state index contributed by atoms with van der Waals surface area (Å²) in [6.07, 6.45) is 26.9. The number of allylic oxidation sites excluding steroid dienone is 4. The standard InChI is InChI=1S/C26H52NO4P/c1-5-6-7-8-9-10-11-12-13-14-15-16-17-18-19-20-21-22-23-24-26(28,32(29,30)31)25-27(2,3)4/h9-10,17-18,28H,5-8,11-16,19-25H2,1-4H3,(H-,29,30,31)/p+1/b10-9-,18-17-. The van der Waals surface area contributed by atoms with Crippen molar-refractivity contribution < 1.29 is 23.9 Å². The molecule has 3 N–H and O–H groups in total. The number of rotatable bonds is 21. The molecule has 0 aliphatic heterocycles. The predicted octanol–water partition coefficient (Wildman–Crippen LogP) is 6.93. The third-order valence-electron chi connectivity index (χ3n) is 5.77. The lowest BCUT2D eigenvalue weighted by atomic mass is 10.1. The van der Waals surface area contributed by atoms with Gasteiger partial charge in [0.05, 0.1) is 21.1 Å². The van der Waals surface area contributed by atoms with Gasteiger partial charge in [0.1, 0.15) is 6.54 Å². The van der Waals surface area contributed by atoms with E-state index in [0.717, 1.165) is 32.1 Å². The van der Waals surface area contributed by atoms with Crippen molar-refractivity contribution in [2.24, 2.45) is 0 Å². The molecule has 0 aromatic heterocycles. The Kier molecular flexibility index (Phi) is 17.7. The number of hydrogen-bond donors (Lipinski definition) is 3. The summed E-state index contributed by atoms with van der Waals surface area (Å²) in [6, 6.07) is 0. The molecule has 0 saturated heterocycles. The number of quaternary nitrogens is 1. The minimum atomic E-state index is -4.55. The molecule has 5 nitrogen and oxygen atoms in total. The van der Waals surface area contributed by atoms with E-state index in [1.165, 1.54) is 57.8 Å². The van der Waals surface area contributed by atoms with Gasteiger partial charge in [-0.05, 0) is 64.2 Å². The van der Waals surface area contributed by atoms with E-state index < -0.39 is 12.9 Å². The fourth-order valence-corrected chi connectivity index (χ4v) is 5.02. The summed E-state index contributed by atoms with van der Waals surface area (Å²) in [6.45, 7) is 2.30. The van der Waals surface area contributed by atoms with Crippen LogP contribution in [-0.4, -0.2) is 52.4 Å². The van der Waals surface area contributed by atoms with E-state index in [1.807, 2.05) is 21.1 Å². The van der Waals surface area contributed by atoms with Crippen molar-refractivity contribution in [2.45, 2.75) is 115 Å². The highest BCUT2D eigenvalue weighted by Gasteiger charge is 2.48. The van der Waals surface area contributed by atoms with Gasteiger partial charge in [-0.2, -0.15) is 0 Å². The zero-order valence-electron chi connectivity index (χ0n) is 21.5. The number of aliphatic hydroxyl groups is 1. The fraction of sp³-hybridized carbons (Fsp3) is 0.846. The van der Waals surface area contributed by atoms with Gasteiger partial charge >= 0.3 is 7.60 Å². The Balaban J connectivity index is 3.67. The molecule has 0 bridgehead atoms. The molecule has 32 heavy (non-hydrogen) atoms. The SMILES string of the molecule is CCCCC/C=C\CCCCCC/C=C\CCCCCCC(O)(C[N+](C)(C)C)P(=O)(O)O. The molecule has 0 aliphatic carbocycles. The highest BCUT2D eigenvalue weighted by Crippen LogP contribution is 2.52. The minimum absolute atomic E-state index is 0.0514. The Morgan fingerprint density at radius 1 is 0.688 bits per heavy atom. The molecule has 0 aromatic carbocycles. The predicted molar refractivity (Wildman–Crippen MR) is 138 cm³/mol. The molecule has 0 aliphatic rings. The van der Waals surface area contributed by atoms with Crippen molar-refractivity contribution in [3.8, 4) is 0 Å². The van der Waals surface area contributed by atoms with Crippen molar-refractivity contribution in [2.75, 3.05) is 27.7 Å². The van der Waals surface area contributed by atoms with Crippen molar-refractivity contribution in [1.82, 2.24) is 0 Å². The van der Waals surface area contributed by atoms with Gasteiger partial charge in [0.25, 0.3) is 0 Å². The van der Waals surface area contributed by atoms with Gasteiger partial charge in [0, 0.05) is 0 Å². The average molecular weight is 475 g/mol. The zero-order valence-corrected chi connectivity index (χ0v) is 22.4. The third-order valence-corrected chi connectivity index (χ3v) is 7.22. The summed E-state index contributed by atoms with van der Waals surface area (Å²) in [5.74, 6) is 0. The first-order chi connectivity index (χ1) is 15.0. The summed E-state index contributed by atoms with van der Waals surface area (Å²) in [7, 11) is 0.950. The number of unbranched alkanes of at least 4 members (excludes halogenated alkanes) is 12. The smallest absolute Gasteiger partial charge is 0.362 e. The summed E-state index contributed by atoms with van der Waals surface area (Å²) in [4.78, 5) is 19.2. The largest absolute Gasteiger partial charge is 0.373 e. The van der Waals surface area contributed by atoms with Crippen molar-refractivity contribution in [3.05, 3.63) is 24.3 Å². The van der Waals surface area contributed by atoms with Crippen LogP contribution in [0.5, 0.6) is 0 Å². The third kappa shape index (κ3) is 18.0.